The molecule has 1 saturated heterocycles. The van der Waals surface area contributed by atoms with Gasteiger partial charge in [-0.3, -0.25) is 9.89 Å². The number of furan rings is 1. The molecule has 1 amide bonds. The second-order valence-electron chi connectivity index (χ2n) is 4.90. The van der Waals surface area contributed by atoms with E-state index in [-0.39, 0.29) is 17.2 Å². The van der Waals surface area contributed by atoms with Gasteiger partial charge in [0, 0.05) is 6.54 Å². The molecule has 1 aliphatic heterocycles. The van der Waals surface area contributed by atoms with Crippen molar-refractivity contribution in [2.24, 2.45) is 0 Å². The number of hydrogen-bond acceptors (Lipinski definition) is 4. The van der Waals surface area contributed by atoms with Crippen LogP contribution in [0.1, 0.15) is 47.3 Å². The van der Waals surface area contributed by atoms with Crippen LogP contribution in [0.15, 0.2) is 16.7 Å². The summed E-state index contributed by atoms with van der Waals surface area (Å²) in [5, 5.41) is 7.15. The number of amides is 1. The minimum Gasteiger partial charge on any atom is -0.452 e. The number of aromatic nitrogens is 3. The third-order valence-corrected chi connectivity index (χ3v) is 3.82. The van der Waals surface area contributed by atoms with Gasteiger partial charge in [0.15, 0.2) is 5.82 Å². The molecule has 1 atom stereocenters. The zero-order chi connectivity index (χ0) is 14.1. The molecule has 3 heterocycles. The van der Waals surface area contributed by atoms with E-state index in [4.69, 9.17) is 16.0 Å². The van der Waals surface area contributed by atoms with Crippen LogP contribution in [0.2, 0.25) is 5.22 Å². The number of halogens is 1. The number of hydrogen-bond donors (Lipinski definition) is 1. The van der Waals surface area contributed by atoms with Gasteiger partial charge in [-0.05, 0) is 43.9 Å². The molecule has 3 rings (SSSR count). The Morgan fingerprint density at radius 1 is 1.55 bits per heavy atom. The summed E-state index contributed by atoms with van der Waals surface area (Å²) in [5.41, 5.74) is 0.394. The summed E-state index contributed by atoms with van der Waals surface area (Å²) in [6.45, 7) is 2.52. The van der Waals surface area contributed by atoms with Crippen LogP contribution in [-0.2, 0) is 0 Å². The Kier molecular flexibility index (Phi) is 3.48. The van der Waals surface area contributed by atoms with Gasteiger partial charge < -0.3 is 9.32 Å². The molecule has 20 heavy (non-hydrogen) atoms. The number of carbonyl (C=O) groups excluding carboxylic acids is 1. The van der Waals surface area contributed by atoms with Gasteiger partial charge in [-0.1, -0.05) is 0 Å². The number of carbonyl (C=O) groups is 1. The van der Waals surface area contributed by atoms with Crippen molar-refractivity contribution in [1.29, 1.82) is 0 Å². The first kappa shape index (κ1) is 13.2. The number of likely N-dealkylation sites (tertiary alicyclic amines) is 1. The Balaban J connectivity index is 1.89. The van der Waals surface area contributed by atoms with Crippen molar-refractivity contribution in [2.45, 2.75) is 32.2 Å². The Bertz CT molecular complexity index is 621. The van der Waals surface area contributed by atoms with E-state index in [0.29, 0.717) is 17.9 Å². The SMILES string of the molecule is Cc1nc([C@H]2CCCCN2C(=O)c2ccoc2Cl)n[nH]1. The summed E-state index contributed by atoms with van der Waals surface area (Å²) < 4.78 is 5.00. The number of rotatable bonds is 2. The number of nitrogens with one attached hydrogen (secondary N) is 1. The van der Waals surface area contributed by atoms with Gasteiger partial charge in [0.05, 0.1) is 17.9 Å². The maximum absolute atomic E-state index is 12.6. The molecule has 0 unspecified atom stereocenters. The van der Waals surface area contributed by atoms with E-state index in [9.17, 15) is 4.79 Å². The lowest BCUT2D eigenvalue weighted by molar-refractivity contribution is 0.0600. The first-order valence-corrected chi connectivity index (χ1v) is 6.97. The largest absolute Gasteiger partial charge is 0.452 e. The van der Waals surface area contributed by atoms with Crippen molar-refractivity contribution in [2.75, 3.05) is 6.54 Å². The number of nitrogens with zero attached hydrogens (tertiary/aromatic N) is 3. The average molecular weight is 295 g/mol. The van der Waals surface area contributed by atoms with Crippen LogP contribution in [-0.4, -0.2) is 32.5 Å². The van der Waals surface area contributed by atoms with E-state index in [2.05, 4.69) is 15.2 Å². The predicted octanol–water partition coefficient (Wildman–Crippen LogP) is 2.73. The molecule has 1 N–H and O–H groups in total. The first-order chi connectivity index (χ1) is 9.66. The van der Waals surface area contributed by atoms with Gasteiger partial charge >= 0.3 is 0 Å². The Morgan fingerprint density at radius 2 is 2.40 bits per heavy atom. The van der Waals surface area contributed by atoms with Crippen LogP contribution >= 0.6 is 11.6 Å². The molecule has 0 aliphatic carbocycles. The van der Waals surface area contributed by atoms with Gasteiger partial charge in [-0.2, -0.15) is 5.10 Å². The zero-order valence-corrected chi connectivity index (χ0v) is 11.9. The average Bonchev–Trinajstić information content (AvgIpc) is 3.07. The van der Waals surface area contributed by atoms with Crippen molar-refractivity contribution in [3.8, 4) is 0 Å². The third-order valence-electron chi connectivity index (χ3n) is 3.52. The maximum atomic E-state index is 12.6. The van der Waals surface area contributed by atoms with E-state index >= 15 is 0 Å². The fraction of sp³-hybridized carbons (Fsp3) is 0.462. The van der Waals surface area contributed by atoms with Crippen molar-refractivity contribution in [3.05, 3.63) is 34.8 Å². The number of aromatic amines is 1. The second kappa shape index (κ2) is 5.28. The lowest BCUT2D eigenvalue weighted by Crippen LogP contribution is -2.39. The quantitative estimate of drug-likeness (QED) is 0.924. The molecule has 0 aromatic carbocycles. The van der Waals surface area contributed by atoms with Crippen molar-refractivity contribution in [1.82, 2.24) is 20.1 Å². The number of aryl methyl sites for hydroxylation is 1. The van der Waals surface area contributed by atoms with Crippen LogP contribution in [0.5, 0.6) is 0 Å². The van der Waals surface area contributed by atoms with Gasteiger partial charge in [-0.25, -0.2) is 4.98 Å². The summed E-state index contributed by atoms with van der Waals surface area (Å²) in [5.74, 6) is 1.28. The van der Waals surface area contributed by atoms with Crippen molar-refractivity contribution >= 4 is 17.5 Å². The Labute approximate surface area is 121 Å². The van der Waals surface area contributed by atoms with Crippen LogP contribution in [0.25, 0.3) is 0 Å². The number of piperidine rings is 1. The molecular weight excluding hydrogens is 280 g/mol. The second-order valence-corrected chi connectivity index (χ2v) is 5.24. The molecule has 2 aromatic heterocycles. The fourth-order valence-electron chi connectivity index (χ4n) is 2.55. The highest BCUT2D eigenvalue weighted by Crippen LogP contribution is 2.31. The molecule has 106 valence electrons. The van der Waals surface area contributed by atoms with Gasteiger partial charge in [-0.15, -0.1) is 0 Å². The monoisotopic (exact) mass is 294 g/mol. The fourth-order valence-corrected chi connectivity index (χ4v) is 2.75. The van der Waals surface area contributed by atoms with Crippen molar-refractivity contribution in [3.63, 3.8) is 0 Å². The normalized spacial score (nSPS) is 19.3. The van der Waals surface area contributed by atoms with E-state index in [1.807, 2.05) is 6.92 Å². The summed E-state index contributed by atoms with van der Waals surface area (Å²) in [7, 11) is 0. The Morgan fingerprint density at radius 3 is 3.05 bits per heavy atom. The third kappa shape index (κ3) is 2.31. The van der Waals surface area contributed by atoms with Gasteiger partial charge in [0.2, 0.25) is 5.22 Å². The minimum atomic E-state index is -0.129. The van der Waals surface area contributed by atoms with Crippen LogP contribution in [0.3, 0.4) is 0 Å². The van der Waals surface area contributed by atoms with Crippen LogP contribution in [0, 0.1) is 6.92 Å². The first-order valence-electron chi connectivity index (χ1n) is 6.59. The lowest BCUT2D eigenvalue weighted by atomic mass is 10.0. The van der Waals surface area contributed by atoms with E-state index < -0.39 is 0 Å². The molecule has 6 nitrogen and oxygen atoms in total. The lowest BCUT2D eigenvalue weighted by Gasteiger charge is -2.33. The molecule has 0 spiro atoms. The molecule has 0 saturated carbocycles. The molecule has 0 bridgehead atoms. The highest BCUT2D eigenvalue weighted by Gasteiger charge is 2.32. The summed E-state index contributed by atoms with van der Waals surface area (Å²) >= 11 is 5.90. The predicted molar refractivity (Wildman–Crippen MR) is 72.5 cm³/mol. The van der Waals surface area contributed by atoms with Gasteiger partial charge in [0.25, 0.3) is 5.91 Å². The maximum Gasteiger partial charge on any atom is 0.259 e. The topological polar surface area (TPSA) is 75.0 Å². The smallest absolute Gasteiger partial charge is 0.259 e. The molecule has 1 fully saturated rings. The molecule has 7 heteroatoms. The van der Waals surface area contributed by atoms with E-state index in [1.165, 1.54) is 6.26 Å². The van der Waals surface area contributed by atoms with Crippen molar-refractivity contribution < 1.29 is 9.21 Å². The highest BCUT2D eigenvalue weighted by atomic mass is 35.5. The minimum absolute atomic E-state index is 0.104. The number of H-pyrrole nitrogens is 1. The molecule has 0 radical (unpaired) electrons. The van der Waals surface area contributed by atoms with Gasteiger partial charge in [0.1, 0.15) is 5.82 Å². The summed E-state index contributed by atoms with van der Waals surface area (Å²) in [6, 6.07) is 1.49. The van der Waals surface area contributed by atoms with Crippen LogP contribution in [0.4, 0.5) is 0 Å². The van der Waals surface area contributed by atoms with E-state index in [0.717, 1.165) is 25.1 Å². The Hall–Kier alpha value is -1.82. The van der Waals surface area contributed by atoms with Crippen LogP contribution < -0.4 is 0 Å². The molecular formula is C13H15ClN4O2. The summed E-state index contributed by atoms with van der Waals surface area (Å²) in [6.07, 6.45) is 4.31. The standard InChI is InChI=1S/C13H15ClN4O2/c1-8-15-12(17-16-8)10-4-2-3-6-18(10)13(19)9-5-7-20-11(9)14/h5,7,10H,2-4,6H2,1H3,(H,15,16,17)/t10-/m1/s1. The highest BCUT2D eigenvalue weighted by molar-refractivity contribution is 6.32. The molecule has 2 aromatic rings. The molecule has 1 aliphatic rings. The zero-order valence-electron chi connectivity index (χ0n) is 11.1. The van der Waals surface area contributed by atoms with E-state index in [1.54, 1.807) is 11.0 Å². The summed E-state index contributed by atoms with van der Waals surface area (Å²) in [4.78, 5) is 18.7.